The van der Waals surface area contributed by atoms with Crippen LogP contribution in [0.15, 0.2) is 0 Å². The van der Waals surface area contributed by atoms with Crippen LogP contribution in [0.2, 0.25) is 0 Å². The zero-order valence-electron chi connectivity index (χ0n) is 8.14. The Kier molecular flexibility index (Phi) is 7.11. The van der Waals surface area contributed by atoms with E-state index in [1.807, 2.05) is 0 Å². The van der Waals surface area contributed by atoms with Crippen molar-refractivity contribution in [1.29, 1.82) is 0 Å². The van der Waals surface area contributed by atoms with Crippen molar-refractivity contribution >= 4 is 6.47 Å². The van der Waals surface area contributed by atoms with Gasteiger partial charge >= 0.3 is 0 Å². The lowest BCUT2D eigenvalue weighted by Gasteiger charge is -2.12. The lowest BCUT2D eigenvalue weighted by Crippen LogP contribution is -2.25. The zero-order chi connectivity index (χ0) is 12.4. The van der Waals surface area contributed by atoms with Gasteiger partial charge in [-0.1, -0.05) is 0 Å². The molecule has 0 aromatic heterocycles. The zero-order valence-corrected chi connectivity index (χ0v) is 8.14. The van der Waals surface area contributed by atoms with E-state index in [2.05, 4.69) is 14.4 Å². The molecule has 1 unspecified atom stereocenters. The Morgan fingerprint density at radius 1 is 1.25 bits per heavy atom. The number of rotatable bonds is 10. The van der Waals surface area contributed by atoms with Crippen molar-refractivity contribution < 1.29 is 29.4 Å². The molecule has 10 nitrogen and oxygen atoms in total. The number of nitrogens with zero attached hydrogens (tertiary/aromatic N) is 2. The van der Waals surface area contributed by atoms with Crippen molar-refractivity contribution in [1.82, 2.24) is 0 Å². The van der Waals surface area contributed by atoms with Crippen molar-refractivity contribution in [3.63, 3.8) is 0 Å². The second-order valence-corrected chi connectivity index (χ2v) is 2.58. The maximum Gasteiger partial charge on any atom is 0.294 e. The van der Waals surface area contributed by atoms with Crippen LogP contribution in [-0.2, 0) is 19.2 Å². The Bertz CT molecular complexity index is 245. The van der Waals surface area contributed by atoms with E-state index in [0.29, 0.717) is 0 Å². The van der Waals surface area contributed by atoms with Gasteiger partial charge in [-0.3, -0.25) is 4.79 Å². The molecular weight excluding hydrogens is 228 g/mol. The van der Waals surface area contributed by atoms with E-state index in [1.54, 1.807) is 0 Å². The van der Waals surface area contributed by atoms with Gasteiger partial charge in [-0.2, -0.15) is 0 Å². The second-order valence-electron chi connectivity index (χ2n) is 2.58. The lowest BCUT2D eigenvalue weighted by molar-refractivity contribution is -0.790. The van der Waals surface area contributed by atoms with Crippen LogP contribution in [0.1, 0.15) is 12.8 Å². The maximum atomic E-state index is 10.0. The SMILES string of the molecule is O=COCCCC(CO[N+](=O)[O-])O[N+](=O)[O-]. The van der Waals surface area contributed by atoms with Crippen molar-refractivity contribution in [3.05, 3.63) is 20.2 Å². The van der Waals surface area contributed by atoms with E-state index in [4.69, 9.17) is 0 Å². The molecule has 0 bridgehead atoms. The quantitative estimate of drug-likeness (QED) is 0.220. The largest absolute Gasteiger partial charge is 0.468 e. The number of hydrogen-bond acceptors (Lipinski definition) is 8. The molecule has 0 saturated carbocycles. The van der Waals surface area contributed by atoms with Crippen LogP contribution in [0.3, 0.4) is 0 Å². The first-order valence-corrected chi connectivity index (χ1v) is 4.20. The van der Waals surface area contributed by atoms with Gasteiger partial charge in [-0.25, -0.2) is 0 Å². The third-order valence-corrected chi connectivity index (χ3v) is 1.46. The summed E-state index contributed by atoms with van der Waals surface area (Å²) >= 11 is 0. The molecule has 0 aliphatic carbocycles. The third kappa shape index (κ3) is 8.47. The summed E-state index contributed by atoms with van der Waals surface area (Å²) in [6.45, 7) is -0.258. The Balaban J connectivity index is 3.84. The molecule has 0 aromatic rings. The lowest BCUT2D eigenvalue weighted by atomic mass is 10.2. The topological polar surface area (TPSA) is 131 Å². The van der Waals surface area contributed by atoms with Gasteiger partial charge in [0.15, 0.2) is 0 Å². The summed E-state index contributed by atoms with van der Waals surface area (Å²) in [5, 5.41) is 17.7. The molecule has 0 aliphatic rings. The minimum atomic E-state index is -1.07. The molecule has 0 saturated heterocycles. The van der Waals surface area contributed by atoms with Crippen LogP contribution >= 0.6 is 0 Å². The van der Waals surface area contributed by atoms with Gasteiger partial charge < -0.3 is 14.4 Å². The van der Waals surface area contributed by atoms with Gasteiger partial charge in [0, 0.05) is 0 Å². The normalized spacial score (nSPS) is 11.2. The molecule has 0 spiro atoms. The third-order valence-electron chi connectivity index (χ3n) is 1.46. The summed E-state index contributed by atoms with van der Waals surface area (Å²) in [6, 6.07) is 0. The van der Waals surface area contributed by atoms with E-state index < -0.39 is 22.9 Å². The second kappa shape index (κ2) is 8.20. The predicted octanol–water partition coefficient (Wildman–Crippen LogP) is -0.275. The highest BCUT2D eigenvalue weighted by Gasteiger charge is 2.15. The van der Waals surface area contributed by atoms with Crippen LogP contribution < -0.4 is 0 Å². The van der Waals surface area contributed by atoms with Gasteiger partial charge in [0.25, 0.3) is 16.6 Å². The molecule has 0 radical (unpaired) electrons. The molecular formula is C6H10N2O8. The fraction of sp³-hybridized carbons (Fsp3) is 0.833. The maximum absolute atomic E-state index is 10.0. The summed E-state index contributed by atoms with van der Waals surface area (Å²) in [4.78, 5) is 37.7. The highest BCUT2D eigenvalue weighted by molar-refractivity contribution is 5.36. The van der Waals surface area contributed by atoms with Crippen LogP contribution in [0, 0.1) is 20.2 Å². The van der Waals surface area contributed by atoms with Crippen molar-refractivity contribution in [3.8, 4) is 0 Å². The van der Waals surface area contributed by atoms with E-state index >= 15 is 0 Å². The molecule has 0 N–H and O–H groups in total. The van der Waals surface area contributed by atoms with Gasteiger partial charge in [-0.05, 0) is 12.8 Å². The molecule has 0 heterocycles. The molecule has 0 aromatic carbocycles. The molecule has 10 heteroatoms. The minimum absolute atomic E-state index is 0.0551. The van der Waals surface area contributed by atoms with E-state index in [9.17, 15) is 25.0 Å². The van der Waals surface area contributed by atoms with Gasteiger partial charge in [0.2, 0.25) is 0 Å². The molecule has 92 valence electrons. The number of hydrogen-bond donors (Lipinski definition) is 0. The first-order chi connectivity index (χ1) is 7.56. The van der Waals surface area contributed by atoms with Crippen molar-refractivity contribution in [2.24, 2.45) is 0 Å². The number of carbonyl (C=O) groups is 1. The average Bonchev–Trinajstić information content (AvgIpc) is 2.19. The molecule has 1 atom stereocenters. The van der Waals surface area contributed by atoms with Crippen molar-refractivity contribution in [2.45, 2.75) is 18.9 Å². The molecule has 0 fully saturated rings. The predicted molar refractivity (Wildman–Crippen MR) is 46.1 cm³/mol. The summed E-state index contributed by atoms with van der Waals surface area (Å²) in [7, 11) is 0. The smallest absolute Gasteiger partial charge is 0.294 e. The average molecular weight is 238 g/mol. The minimum Gasteiger partial charge on any atom is -0.468 e. The Hall–Kier alpha value is -2.13. The monoisotopic (exact) mass is 238 g/mol. The summed E-state index contributed by atoms with van der Waals surface area (Å²) in [5.41, 5.74) is 0. The van der Waals surface area contributed by atoms with Crippen LogP contribution in [-0.4, -0.2) is 36.0 Å². The number of carbonyl (C=O) groups excluding carboxylic acids is 1. The first-order valence-electron chi connectivity index (χ1n) is 4.20. The first kappa shape index (κ1) is 13.9. The molecule has 16 heavy (non-hydrogen) atoms. The van der Waals surface area contributed by atoms with Gasteiger partial charge in [0.1, 0.15) is 12.7 Å². The fourth-order valence-electron chi connectivity index (χ4n) is 0.875. The molecule has 0 aliphatic heterocycles. The Labute approximate surface area is 89.3 Å². The standard InChI is InChI=1S/C6H10N2O8/c9-5-14-3-1-2-6(16-8(12)13)4-15-7(10)11/h5-6H,1-4H2. The molecule has 0 amide bonds. The van der Waals surface area contributed by atoms with Gasteiger partial charge in [0.05, 0.1) is 6.61 Å². The van der Waals surface area contributed by atoms with Crippen molar-refractivity contribution in [2.75, 3.05) is 13.2 Å². The highest BCUT2D eigenvalue weighted by Crippen LogP contribution is 2.04. The van der Waals surface area contributed by atoms with Gasteiger partial charge in [-0.15, -0.1) is 20.2 Å². The van der Waals surface area contributed by atoms with Crippen LogP contribution in [0.25, 0.3) is 0 Å². The van der Waals surface area contributed by atoms with E-state index in [-0.39, 0.29) is 25.9 Å². The van der Waals surface area contributed by atoms with Crippen LogP contribution in [0.4, 0.5) is 0 Å². The van der Waals surface area contributed by atoms with Crippen LogP contribution in [0.5, 0.6) is 0 Å². The van der Waals surface area contributed by atoms with E-state index in [0.717, 1.165) is 0 Å². The fourth-order valence-corrected chi connectivity index (χ4v) is 0.875. The highest BCUT2D eigenvalue weighted by atomic mass is 17.0. The number of ether oxygens (including phenoxy) is 1. The Morgan fingerprint density at radius 2 is 1.94 bits per heavy atom. The molecule has 0 rings (SSSR count). The summed E-state index contributed by atoms with van der Waals surface area (Å²) in [5.74, 6) is 0. The summed E-state index contributed by atoms with van der Waals surface area (Å²) in [6.07, 6.45) is -0.684. The van der Waals surface area contributed by atoms with E-state index in [1.165, 1.54) is 0 Å². The summed E-state index contributed by atoms with van der Waals surface area (Å²) < 4.78 is 4.33. The Morgan fingerprint density at radius 3 is 2.44 bits per heavy atom.